The van der Waals surface area contributed by atoms with Crippen molar-refractivity contribution in [2.24, 2.45) is 0 Å². The maximum atomic E-state index is 10.5. The lowest BCUT2D eigenvalue weighted by atomic mass is 10.1. The highest BCUT2D eigenvalue weighted by Crippen LogP contribution is 2.35. The molecule has 0 saturated carbocycles. The van der Waals surface area contributed by atoms with Gasteiger partial charge in [0.2, 0.25) is 0 Å². The molecule has 7 heteroatoms. The van der Waals surface area contributed by atoms with Gasteiger partial charge in [0.05, 0.1) is 26.4 Å². The maximum Gasteiger partial charge on any atom is 0.303 e. The number of benzene rings is 1. The van der Waals surface area contributed by atoms with E-state index in [0.29, 0.717) is 29.2 Å². The van der Waals surface area contributed by atoms with Gasteiger partial charge >= 0.3 is 5.97 Å². The smallest absolute Gasteiger partial charge is 0.303 e. The largest absolute Gasteiger partial charge is 0.496 e. The van der Waals surface area contributed by atoms with Gasteiger partial charge in [0.25, 0.3) is 0 Å². The molecular weight excluding hydrogens is 300 g/mol. The van der Waals surface area contributed by atoms with Crippen molar-refractivity contribution in [3.63, 3.8) is 0 Å². The number of nitrogens with zero attached hydrogens (tertiary/aromatic N) is 2. The summed E-state index contributed by atoms with van der Waals surface area (Å²) in [6, 6.07) is 6.71. The molecule has 120 valence electrons. The van der Waals surface area contributed by atoms with Crippen molar-refractivity contribution < 1.29 is 24.1 Å². The summed E-state index contributed by atoms with van der Waals surface area (Å²) in [7, 11) is 2.89. The van der Waals surface area contributed by atoms with Gasteiger partial charge in [-0.15, -0.1) is 0 Å². The topological polar surface area (TPSA) is 113 Å². The number of carbonyl (C=O) groups is 1. The van der Waals surface area contributed by atoms with E-state index in [9.17, 15) is 4.79 Å². The molecule has 0 aliphatic carbocycles. The van der Waals surface area contributed by atoms with Crippen LogP contribution in [0.4, 0.5) is 0 Å². The molecule has 0 atom stereocenters. The number of methoxy groups -OCH3 is 2. The number of aliphatic carboxylic acids is 1. The van der Waals surface area contributed by atoms with Crippen LogP contribution in [0, 0.1) is 22.7 Å². The Morgan fingerprint density at radius 3 is 2.22 bits per heavy atom. The predicted octanol–water partition coefficient (Wildman–Crippen LogP) is 2.38. The number of hydrogen-bond donors (Lipinski definition) is 1. The molecule has 1 rings (SSSR count). The number of allylic oxidation sites excluding steroid dienone is 1. The molecular formula is C16H16N2O5. The summed E-state index contributed by atoms with van der Waals surface area (Å²) in [6.07, 6.45) is 1.75. The Labute approximate surface area is 133 Å². The zero-order chi connectivity index (χ0) is 17.2. The second kappa shape index (κ2) is 8.96. The van der Waals surface area contributed by atoms with Crippen LogP contribution in [0.3, 0.4) is 0 Å². The first-order valence-corrected chi connectivity index (χ1v) is 6.68. The number of carboxylic acid groups (broad SMARTS) is 1. The average Bonchev–Trinajstić information content (AvgIpc) is 2.56. The van der Waals surface area contributed by atoms with Gasteiger partial charge in [0.15, 0.2) is 0 Å². The van der Waals surface area contributed by atoms with Gasteiger partial charge < -0.3 is 19.3 Å². The molecule has 0 amide bonds. The Balaban J connectivity index is 3.07. The lowest BCUT2D eigenvalue weighted by Gasteiger charge is -2.13. The van der Waals surface area contributed by atoms with Crippen molar-refractivity contribution in [2.75, 3.05) is 20.8 Å². The van der Waals surface area contributed by atoms with E-state index in [1.807, 2.05) is 0 Å². The summed E-state index contributed by atoms with van der Waals surface area (Å²) in [4.78, 5) is 10.5. The van der Waals surface area contributed by atoms with Crippen LogP contribution in [0.15, 0.2) is 17.7 Å². The second-order valence-corrected chi connectivity index (χ2v) is 4.37. The number of hydrogen-bond acceptors (Lipinski definition) is 6. The third kappa shape index (κ3) is 5.25. The first-order valence-electron chi connectivity index (χ1n) is 6.68. The molecule has 0 aliphatic heterocycles. The fourth-order valence-corrected chi connectivity index (χ4v) is 1.79. The first-order chi connectivity index (χ1) is 11.0. The molecule has 7 nitrogen and oxygen atoms in total. The predicted molar refractivity (Wildman–Crippen MR) is 81.1 cm³/mol. The quantitative estimate of drug-likeness (QED) is 0.578. The van der Waals surface area contributed by atoms with Crippen LogP contribution in [-0.4, -0.2) is 31.9 Å². The maximum absolute atomic E-state index is 10.5. The molecule has 0 radical (unpaired) electrons. The molecule has 1 N–H and O–H groups in total. The zero-order valence-electron chi connectivity index (χ0n) is 12.8. The Hall–Kier alpha value is -3.19. The summed E-state index contributed by atoms with van der Waals surface area (Å²) in [5, 5.41) is 26.3. The van der Waals surface area contributed by atoms with Crippen LogP contribution < -0.4 is 14.2 Å². The van der Waals surface area contributed by atoms with E-state index < -0.39 is 5.97 Å². The normalized spacial score (nSPS) is 9.22. The lowest BCUT2D eigenvalue weighted by molar-refractivity contribution is -0.137. The van der Waals surface area contributed by atoms with Gasteiger partial charge in [0, 0.05) is 18.6 Å². The Kier molecular flexibility index (Phi) is 6.96. The van der Waals surface area contributed by atoms with E-state index in [-0.39, 0.29) is 18.6 Å². The standard InChI is InChI=1S/C16H16N2O5/c1-21-14-7-12(23-5-3-4-16(19)20)8-15(22-2)13(14)6-11(9-17)10-18/h6-8H,3-5H2,1-2H3,(H,19,20). The van der Waals surface area contributed by atoms with Gasteiger partial charge in [-0.05, 0) is 12.5 Å². The van der Waals surface area contributed by atoms with Crippen LogP contribution in [0.5, 0.6) is 17.2 Å². The summed E-state index contributed by atoms with van der Waals surface area (Å²) >= 11 is 0. The van der Waals surface area contributed by atoms with E-state index in [4.69, 9.17) is 29.8 Å². The minimum absolute atomic E-state index is 0.0167. The number of carboxylic acids is 1. The van der Waals surface area contributed by atoms with Crippen LogP contribution in [0.25, 0.3) is 6.08 Å². The highest BCUT2D eigenvalue weighted by molar-refractivity contribution is 5.72. The lowest BCUT2D eigenvalue weighted by Crippen LogP contribution is -2.03. The molecule has 1 aromatic carbocycles. The van der Waals surface area contributed by atoms with Crippen LogP contribution in [-0.2, 0) is 4.79 Å². The van der Waals surface area contributed by atoms with Gasteiger partial charge in [0.1, 0.15) is 35.0 Å². The van der Waals surface area contributed by atoms with E-state index in [1.165, 1.54) is 20.3 Å². The van der Waals surface area contributed by atoms with Gasteiger partial charge in [-0.3, -0.25) is 4.79 Å². The molecule has 0 aromatic heterocycles. The van der Waals surface area contributed by atoms with Gasteiger partial charge in [-0.2, -0.15) is 10.5 Å². The van der Waals surface area contributed by atoms with Crippen molar-refractivity contribution in [2.45, 2.75) is 12.8 Å². The van der Waals surface area contributed by atoms with Gasteiger partial charge in [-0.25, -0.2) is 0 Å². The van der Waals surface area contributed by atoms with E-state index in [2.05, 4.69) is 0 Å². The van der Waals surface area contributed by atoms with Crippen molar-refractivity contribution in [3.05, 3.63) is 23.3 Å². The van der Waals surface area contributed by atoms with Crippen molar-refractivity contribution in [3.8, 4) is 29.4 Å². The van der Waals surface area contributed by atoms with Crippen molar-refractivity contribution in [1.82, 2.24) is 0 Å². The number of rotatable bonds is 8. The molecule has 23 heavy (non-hydrogen) atoms. The minimum atomic E-state index is -0.884. The summed E-state index contributed by atoms with van der Waals surface area (Å²) in [5.74, 6) is 0.308. The SMILES string of the molecule is COc1cc(OCCCC(=O)O)cc(OC)c1C=C(C#N)C#N. The van der Waals surface area contributed by atoms with E-state index in [0.717, 1.165) is 0 Å². The van der Waals surface area contributed by atoms with Crippen molar-refractivity contribution >= 4 is 12.0 Å². The molecule has 0 heterocycles. The van der Waals surface area contributed by atoms with Crippen molar-refractivity contribution in [1.29, 1.82) is 10.5 Å². The Bertz CT molecular complexity index is 642. The zero-order valence-corrected chi connectivity index (χ0v) is 12.8. The Morgan fingerprint density at radius 1 is 1.22 bits per heavy atom. The molecule has 0 fully saturated rings. The third-order valence-corrected chi connectivity index (χ3v) is 2.85. The molecule has 0 unspecified atom stereocenters. The van der Waals surface area contributed by atoms with Gasteiger partial charge in [-0.1, -0.05) is 0 Å². The second-order valence-electron chi connectivity index (χ2n) is 4.37. The summed E-state index contributed by atoms with van der Waals surface area (Å²) in [5.41, 5.74) is 0.364. The molecule has 1 aromatic rings. The highest BCUT2D eigenvalue weighted by Gasteiger charge is 2.13. The van der Waals surface area contributed by atoms with Crippen LogP contribution in [0.1, 0.15) is 18.4 Å². The van der Waals surface area contributed by atoms with Crippen LogP contribution >= 0.6 is 0 Å². The van der Waals surface area contributed by atoms with Crippen LogP contribution in [0.2, 0.25) is 0 Å². The molecule has 0 spiro atoms. The number of ether oxygens (including phenoxy) is 3. The fraction of sp³-hybridized carbons (Fsp3) is 0.312. The molecule has 0 aliphatic rings. The Morgan fingerprint density at radius 2 is 1.78 bits per heavy atom. The average molecular weight is 316 g/mol. The third-order valence-electron chi connectivity index (χ3n) is 2.85. The molecule has 0 saturated heterocycles. The fourth-order valence-electron chi connectivity index (χ4n) is 1.79. The first kappa shape index (κ1) is 17.9. The van der Waals surface area contributed by atoms with E-state index in [1.54, 1.807) is 24.3 Å². The molecule has 0 bridgehead atoms. The monoisotopic (exact) mass is 316 g/mol. The summed E-state index contributed by atoms with van der Waals surface area (Å²) < 4.78 is 16.0. The number of nitriles is 2. The highest BCUT2D eigenvalue weighted by atomic mass is 16.5. The van der Waals surface area contributed by atoms with E-state index >= 15 is 0 Å². The summed E-state index contributed by atoms with van der Waals surface area (Å²) in [6.45, 7) is 0.232. The minimum Gasteiger partial charge on any atom is -0.496 e.